The minimum Gasteiger partial charge on any atom is -0.337 e. The van der Waals surface area contributed by atoms with Crippen molar-refractivity contribution in [1.82, 2.24) is 19.9 Å². The Balaban J connectivity index is 1.75. The van der Waals surface area contributed by atoms with Crippen LogP contribution in [0.5, 0.6) is 0 Å². The molecule has 0 saturated heterocycles. The zero-order valence-electron chi connectivity index (χ0n) is 13.3. The maximum atomic E-state index is 12.2. The fourth-order valence-corrected chi connectivity index (χ4v) is 2.43. The molecule has 26 heavy (non-hydrogen) atoms. The molecule has 2 aromatic heterocycles. The van der Waals surface area contributed by atoms with E-state index in [2.05, 4.69) is 15.2 Å². The van der Waals surface area contributed by atoms with Gasteiger partial charge in [-0.3, -0.25) is 4.79 Å². The Morgan fingerprint density at radius 3 is 2.73 bits per heavy atom. The molecule has 3 aromatic rings. The highest BCUT2D eigenvalue weighted by molar-refractivity contribution is 6.31. The minimum absolute atomic E-state index is 0.0160. The zero-order valence-corrected chi connectivity index (χ0v) is 14.8. The van der Waals surface area contributed by atoms with E-state index in [1.54, 1.807) is 18.2 Å². The number of hydrogen-bond donors (Lipinski definition) is 0. The molecule has 0 aliphatic carbocycles. The van der Waals surface area contributed by atoms with Gasteiger partial charge in [0.05, 0.1) is 18.7 Å². The van der Waals surface area contributed by atoms with Crippen LogP contribution >= 0.6 is 23.2 Å². The SMILES string of the molecule is N#CCc1cnn(Cc2nc(/C=C/c3ccc(Cl)cc3)no2)c(=O)c1Cl. The van der Waals surface area contributed by atoms with Crippen molar-refractivity contribution in [3.63, 3.8) is 0 Å². The molecule has 0 saturated carbocycles. The number of aromatic nitrogens is 4. The van der Waals surface area contributed by atoms with Gasteiger partial charge in [0.25, 0.3) is 5.56 Å². The predicted octanol–water partition coefficient (Wildman–Crippen LogP) is 3.22. The maximum absolute atomic E-state index is 12.2. The Bertz CT molecular complexity index is 1050. The highest BCUT2D eigenvalue weighted by Crippen LogP contribution is 2.12. The molecule has 0 radical (unpaired) electrons. The molecule has 0 fully saturated rings. The molecule has 2 heterocycles. The summed E-state index contributed by atoms with van der Waals surface area (Å²) in [5.41, 5.74) is 0.793. The topological polar surface area (TPSA) is 97.6 Å². The van der Waals surface area contributed by atoms with Crippen LogP contribution in [0.15, 0.2) is 39.8 Å². The Morgan fingerprint density at radius 2 is 2.00 bits per heavy atom. The first kappa shape index (κ1) is 17.9. The van der Waals surface area contributed by atoms with Crippen LogP contribution in [0.2, 0.25) is 10.0 Å². The molecule has 7 nitrogen and oxygen atoms in total. The van der Waals surface area contributed by atoms with Gasteiger partial charge in [0.2, 0.25) is 5.89 Å². The highest BCUT2D eigenvalue weighted by Gasteiger charge is 2.12. The summed E-state index contributed by atoms with van der Waals surface area (Å²) in [6.45, 7) is -0.0207. The van der Waals surface area contributed by atoms with E-state index in [1.807, 2.05) is 24.3 Å². The van der Waals surface area contributed by atoms with Crippen LogP contribution in [0.25, 0.3) is 12.2 Å². The summed E-state index contributed by atoms with van der Waals surface area (Å²) in [7, 11) is 0. The number of halogens is 2. The minimum atomic E-state index is -0.518. The van der Waals surface area contributed by atoms with E-state index >= 15 is 0 Å². The second-order valence-electron chi connectivity index (χ2n) is 5.21. The molecule has 0 N–H and O–H groups in total. The molecule has 0 bridgehead atoms. The van der Waals surface area contributed by atoms with Gasteiger partial charge < -0.3 is 4.52 Å². The molecular weight excluding hydrogens is 377 g/mol. The van der Waals surface area contributed by atoms with Gasteiger partial charge in [0, 0.05) is 10.6 Å². The third-order valence-corrected chi connectivity index (χ3v) is 4.05. The van der Waals surface area contributed by atoms with Crippen LogP contribution in [0, 0.1) is 11.3 Å². The summed E-state index contributed by atoms with van der Waals surface area (Å²) in [5, 5.41) is 17.1. The van der Waals surface area contributed by atoms with Gasteiger partial charge in [0.1, 0.15) is 11.6 Å². The second-order valence-corrected chi connectivity index (χ2v) is 6.03. The van der Waals surface area contributed by atoms with Crippen molar-refractivity contribution in [3.05, 3.63) is 73.7 Å². The summed E-state index contributed by atoms with van der Waals surface area (Å²) in [4.78, 5) is 16.3. The number of nitrogens with zero attached hydrogens (tertiary/aromatic N) is 5. The molecule has 0 unspecified atom stereocenters. The monoisotopic (exact) mass is 387 g/mol. The van der Waals surface area contributed by atoms with Gasteiger partial charge in [0.15, 0.2) is 5.82 Å². The highest BCUT2D eigenvalue weighted by atomic mass is 35.5. The molecule has 130 valence electrons. The van der Waals surface area contributed by atoms with Crippen molar-refractivity contribution in [1.29, 1.82) is 5.26 Å². The van der Waals surface area contributed by atoms with Gasteiger partial charge in [-0.25, -0.2) is 4.68 Å². The first-order valence-electron chi connectivity index (χ1n) is 7.44. The molecular formula is C17H11Cl2N5O2. The predicted molar refractivity (Wildman–Crippen MR) is 96.6 cm³/mol. The largest absolute Gasteiger partial charge is 0.337 e. The third-order valence-electron chi connectivity index (χ3n) is 3.39. The lowest BCUT2D eigenvalue weighted by molar-refractivity contribution is 0.361. The Kier molecular flexibility index (Phi) is 5.46. The van der Waals surface area contributed by atoms with Crippen LogP contribution in [0.4, 0.5) is 0 Å². The molecule has 0 aliphatic heterocycles. The number of rotatable bonds is 5. The summed E-state index contributed by atoms with van der Waals surface area (Å²) < 4.78 is 6.22. The van der Waals surface area contributed by atoms with Crippen LogP contribution in [-0.2, 0) is 13.0 Å². The summed E-state index contributed by atoms with van der Waals surface area (Å²) in [6, 6.07) is 9.19. The zero-order chi connectivity index (χ0) is 18.5. The molecule has 9 heteroatoms. The van der Waals surface area contributed by atoms with E-state index in [1.165, 1.54) is 6.20 Å². The van der Waals surface area contributed by atoms with Crippen LogP contribution in [-0.4, -0.2) is 19.9 Å². The van der Waals surface area contributed by atoms with E-state index in [0.29, 0.717) is 16.4 Å². The van der Waals surface area contributed by atoms with Gasteiger partial charge >= 0.3 is 0 Å². The van der Waals surface area contributed by atoms with Gasteiger partial charge in [-0.2, -0.15) is 15.3 Å². The third kappa shape index (κ3) is 4.17. The number of nitriles is 1. The molecule has 3 rings (SSSR count). The first-order valence-corrected chi connectivity index (χ1v) is 8.20. The van der Waals surface area contributed by atoms with E-state index < -0.39 is 5.56 Å². The molecule has 0 amide bonds. The number of benzene rings is 1. The van der Waals surface area contributed by atoms with E-state index in [-0.39, 0.29) is 23.9 Å². The summed E-state index contributed by atoms with van der Waals surface area (Å²) in [5.74, 6) is 0.564. The summed E-state index contributed by atoms with van der Waals surface area (Å²) in [6.07, 6.45) is 4.88. The molecule has 0 aliphatic rings. The summed E-state index contributed by atoms with van der Waals surface area (Å²) >= 11 is 11.8. The Morgan fingerprint density at radius 1 is 1.23 bits per heavy atom. The van der Waals surface area contributed by atoms with Crippen molar-refractivity contribution in [2.45, 2.75) is 13.0 Å². The lowest BCUT2D eigenvalue weighted by atomic mass is 10.2. The van der Waals surface area contributed by atoms with Crippen molar-refractivity contribution >= 4 is 35.4 Å². The van der Waals surface area contributed by atoms with Gasteiger partial charge in [-0.05, 0) is 23.8 Å². The van der Waals surface area contributed by atoms with Crippen molar-refractivity contribution in [2.24, 2.45) is 0 Å². The van der Waals surface area contributed by atoms with Gasteiger partial charge in [-0.15, -0.1) is 0 Å². The normalized spacial score (nSPS) is 11.0. The lowest BCUT2D eigenvalue weighted by Gasteiger charge is -2.03. The average Bonchev–Trinajstić information content (AvgIpc) is 3.08. The van der Waals surface area contributed by atoms with Crippen LogP contribution in [0.3, 0.4) is 0 Å². The number of hydrogen-bond acceptors (Lipinski definition) is 6. The van der Waals surface area contributed by atoms with E-state index in [4.69, 9.17) is 33.0 Å². The fourth-order valence-electron chi connectivity index (χ4n) is 2.09. The van der Waals surface area contributed by atoms with Crippen LogP contribution < -0.4 is 5.56 Å². The second kappa shape index (κ2) is 7.95. The molecule has 0 atom stereocenters. The van der Waals surface area contributed by atoms with Crippen molar-refractivity contribution in [2.75, 3.05) is 0 Å². The Hall–Kier alpha value is -2.95. The van der Waals surface area contributed by atoms with E-state index in [0.717, 1.165) is 10.2 Å². The van der Waals surface area contributed by atoms with Crippen molar-refractivity contribution < 1.29 is 4.52 Å². The first-order chi connectivity index (χ1) is 12.6. The standard InChI is InChI=1S/C17H11Cl2N5O2/c18-13-4-1-11(2-5-13)3-6-14-22-15(26-23-14)10-24-17(25)16(19)12(7-8-20)9-21-24/h1-6,9H,7,10H2/b6-3+. The van der Waals surface area contributed by atoms with Gasteiger partial charge in [-0.1, -0.05) is 46.6 Å². The maximum Gasteiger partial charge on any atom is 0.286 e. The molecule has 0 spiro atoms. The Labute approximate surface area is 158 Å². The smallest absolute Gasteiger partial charge is 0.286 e. The average molecular weight is 388 g/mol. The lowest BCUT2D eigenvalue weighted by Crippen LogP contribution is -2.25. The quantitative estimate of drug-likeness (QED) is 0.666. The molecule has 1 aromatic carbocycles. The fraction of sp³-hybridized carbons (Fsp3) is 0.118. The van der Waals surface area contributed by atoms with E-state index in [9.17, 15) is 4.79 Å². The van der Waals surface area contributed by atoms with Crippen molar-refractivity contribution in [3.8, 4) is 6.07 Å². The van der Waals surface area contributed by atoms with Crippen LogP contribution in [0.1, 0.15) is 22.8 Å².